The van der Waals surface area contributed by atoms with Crippen LogP contribution in [0.15, 0.2) is 18.2 Å². The summed E-state index contributed by atoms with van der Waals surface area (Å²) in [7, 11) is 1.65. The summed E-state index contributed by atoms with van der Waals surface area (Å²) in [6.07, 6.45) is 0.287. The normalized spacial score (nSPS) is 11.6. The Kier molecular flexibility index (Phi) is 4.36. The van der Waals surface area contributed by atoms with Gasteiger partial charge in [-0.3, -0.25) is 4.79 Å². The lowest BCUT2D eigenvalue weighted by Crippen LogP contribution is -2.35. The summed E-state index contributed by atoms with van der Waals surface area (Å²) < 4.78 is 0. The molecule has 0 spiro atoms. The molecule has 0 saturated heterocycles. The van der Waals surface area contributed by atoms with E-state index in [1.165, 1.54) is 11.0 Å². The molecule has 1 atom stereocenters. The average Bonchev–Trinajstić information content (AvgIpc) is 2.27. The van der Waals surface area contributed by atoms with E-state index in [4.69, 9.17) is 22.6 Å². The van der Waals surface area contributed by atoms with E-state index in [0.29, 0.717) is 16.3 Å². The molecular weight excluding hydrogens is 238 g/mol. The van der Waals surface area contributed by atoms with E-state index in [1.807, 2.05) is 13.0 Å². The highest BCUT2D eigenvalue weighted by atomic mass is 35.5. The number of carbonyl (C=O) groups excluding carboxylic acids is 1. The first-order chi connectivity index (χ1) is 7.97. The Labute approximate surface area is 106 Å². The van der Waals surface area contributed by atoms with Gasteiger partial charge in [-0.05, 0) is 25.1 Å². The van der Waals surface area contributed by atoms with Crippen molar-refractivity contribution >= 4 is 23.2 Å². The molecule has 2 N–H and O–H groups in total. The van der Waals surface area contributed by atoms with Crippen molar-refractivity contribution in [2.24, 2.45) is 0 Å². The van der Waals surface area contributed by atoms with Gasteiger partial charge < -0.3 is 10.6 Å². The molecule has 0 heterocycles. The number of halogens is 1. The molecule has 1 unspecified atom stereocenters. The SMILES string of the molecule is CC(CC#N)N(C)C(=O)c1ccc(Cl)cc1N. The van der Waals surface area contributed by atoms with Crippen molar-refractivity contribution in [3.05, 3.63) is 28.8 Å². The summed E-state index contributed by atoms with van der Waals surface area (Å²) in [5, 5.41) is 9.09. The van der Waals surface area contributed by atoms with Gasteiger partial charge in [0, 0.05) is 23.8 Å². The fraction of sp³-hybridized carbons (Fsp3) is 0.333. The van der Waals surface area contributed by atoms with Gasteiger partial charge in [-0.15, -0.1) is 0 Å². The largest absolute Gasteiger partial charge is 0.398 e. The number of carbonyl (C=O) groups is 1. The van der Waals surface area contributed by atoms with Crippen molar-refractivity contribution < 1.29 is 4.79 Å². The van der Waals surface area contributed by atoms with Gasteiger partial charge in [0.05, 0.1) is 18.1 Å². The second-order valence-corrected chi connectivity index (χ2v) is 4.30. The van der Waals surface area contributed by atoms with Crippen LogP contribution in [0.1, 0.15) is 23.7 Å². The lowest BCUT2D eigenvalue weighted by molar-refractivity contribution is 0.0747. The van der Waals surface area contributed by atoms with Gasteiger partial charge in [0.15, 0.2) is 0 Å². The Bertz CT molecular complexity index is 467. The van der Waals surface area contributed by atoms with E-state index in [2.05, 4.69) is 0 Å². The molecular formula is C12H14ClN3O. The van der Waals surface area contributed by atoms with Crippen LogP contribution in [0.3, 0.4) is 0 Å². The average molecular weight is 252 g/mol. The maximum absolute atomic E-state index is 12.1. The standard InChI is InChI=1S/C12H14ClN3O/c1-8(5-6-14)16(2)12(17)10-4-3-9(13)7-11(10)15/h3-4,7-8H,5,15H2,1-2H3. The number of nitrogens with zero attached hydrogens (tertiary/aromatic N) is 2. The quantitative estimate of drug-likeness (QED) is 0.838. The topological polar surface area (TPSA) is 70.1 Å². The highest BCUT2D eigenvalue weighted by Gasteiger charge is 2.19. The first-order valence-corrected chi connectivity index (χ1v) is 5.54. The summed E-state index contributed by atoms with van der Waals surface area (Å²) in [6, 6.07) is 6.63. The predicted molar refractivity (Wildman–Crippen MR) is 67.6 cm³/mol. The monoisotopic (exact) mass is 251 g/mol. The second kappa shape index (κ2) is 5.55. The van der Waals surface area contributed by atoms with Crippen molar-refractivity contribution in [2.75, 3.05) is 12.8 Å². The lowest BCUT2D eigenvalue weighted by Gasteiger charge is -2.23. The van der Waals surface area contributed by atoms with Gasteiger partial charge in [-0.1, -0.05) is 11.6 Å². The van der Waals surface area contributed by atoms with Crippen molar-refractivity contribution in [3.8, 4) is 6.07 Å². The highest BCUT2D eigenvalue weighted by molar-refractivity contribution is 6.31. The van der Waals surface area contributed by atoms with Crippen LogP contribution < -0.4 is 5.73 Å². The molecule has 0 aromatic heterocycles. The Morgan fingerprint density at radius 1 is 1.65 bits per heavy atom. The Hall–Kier alpha value is -1.73. The number of rotatable bonds is 3. The lowest BCUT2D eigenvalue weighted by atomic mass is 10.1. The van der Waals surface area contributed by atoms with Gasteiger partial charge in [0.2, 0.25) is 0 Å². The third kappa shape index (κ3) is 3.11. The molecule has 90 valence electrons. The van der Waals surface area contributed by atoms with Crippen LogP contribution in [-0.2, 0) is 0 Å². The molecule has 1 amide bonds. The molecule has 1 aromatic rings. The van der Waals surface area contributed by atoms with Gasteiger partial charge >= 0.3 is 0 Å². The van der Waals surface area contributed by atoms with E-state index in [1.54, 1.807) is 19.2 Å². The van der Waals surface area contributed by atoms with Crippen LogP contribution in [-0.4, -0.2) is 23.9 Å². The fourth-order valence-corrected chi connectivity index (χ4v) is 1.57. The fourth-order valence-electron chi connectivity index (χ4n) is 1.39. The molecule has 1 aromatic carbocycles. The van der Waals surface area contributed by atoms with Gasteiger partial charge in [-0.25, -0.2) is 0 Å². The first kappa shape index (κ1) is 13.3. The van der Waals surface area contributed by atoms with Gasteiger partial charge in [0.1, 0.15) is 0 Å². The van der Waals surface area contributed by atoms with Crippen LogP contribution in [0.4, 0.5) is 5.69 Å². The zero-order chi connectivity index (χ0) is 13.0. The minimum absolute atomic E-state index is 0.150. The molecule has 4 nitrogen and oxygen atoms in total. The minimum Gasteiger partial charge on any atom is -0.398 e. The molecule has 0 radical (unpaired) electrons. The molecule has 0 bridgehead atoms. The third-order valence-corrected chi connectivity index (χ3v) is 2.85. The molecule has 0 aliphatic rings. The molecule has 0 saturated carbocycles. The zero-order valence-corrected chi connectivity index (χ0v) is 10.5. The van der Waals surface area contributed by atoms with Gasteiger partial charge in [0.25, 0.3) is 5.91 Å². The number of hydrogen-bond donors (Lipinski definition) is 1. The molecule has 0 aliphatic heterocycles. The van der Waals surface area contributed by atoms with E-state index in [9.17, 15) is 4.79 Å². The van der Waals surface area contributed by atoms with Crippen LogP contribution in [0.5, 0.6) is 0 Å². The van der Waals surface area contributed by atoms with Crippen molar-refractivity contribution in [3.63, 3.8) is 0 Å². The first-order valence-electron chi connectivity index (χ1n) is 5.16. The number of nitriles is 1. The van der Waals surface area contributed by atoms with Crippen molar-refractivity contribution in [1.29, 1.82) is 5.26 Å². The van der Waals surface area contributed by atoms with Crippen molar-refractivity contribution in [2.45, 2.75) is 19.4 Å². The Morgan fingerprint density at radius 2 is 2.29 bits per heavy atom. The third-order valence-electron chi connectivity index (χ3n) is 2.61. The molecule has 0 fully saturated rings. The van der Waals surface area contributed by atoms with E-state index < -0.39 is 0 Å². The van der Waals surface area contributed by atoms with Crippen LogP contribution in [0.2, 0.25) is 5.02 Å². The van der Waals surface area contributed by atoms with E-state index in [0.717, 1.165) is 0 Å². The predicted octanol–water partition coefficient (Wildman–Crippen LogP) is 2.30. The Morgan fingerprint density at radius 3 is 2.82 bits per heavy atom. The summed E-state index contributed by atoms with van der Waals surface area (Å²) in [4.78, 5) is 13.6. The second-order valence-electron chi connectivity index (χ2n) is 3.86. The molecule has 0 aliphatic carbocycles. The molecule has 1 rings (SSSR count). The minimum atomic E-state index is -0.207. The van der Waals surface area contributed by atoms with E-state index in [-0.39, 0.29) is 18.4 Å². The number of nitrogens with two attached hydrogens (primary N) is 1. The number of anilines is 1. The maximum Gasteiger partial charge on any atom is 0.255 e. The highest BCUT2D eigenvalue weighted by Crippen LogP contribution is 2.20. The molecule has 5 heteroatoms. The maximum atomic E-state index is 12.1. The van der Waals surface area contributed by atoms with Crippen LogP contribution in [0, 0.1) is 11.3 Å². The van der Waals surface area contributed by atoms with Crippen molar-refractivity contribution in [1.82, 2.24) is 4.90 Å². The summed E-state index contributed by atoms with van der Waals surface area (Å²) in [5.41, 5.74) is 6.49. The van der Waals surface area contributed by atoms with Crippen LogP contribution in [0.25, 0.3) is 0 Å². The number of hydrogen-bond acceptors (Lipinski definition) is 3. The zero-order valence-electron chi connectivity index (χ0n) is 9.77. The summed E-state index contributed by atoms with van der Waals surface area (Å²) in [6.45, 7) is 1.81. The summed E-state index contributed by atoms with van der Waals surface area (Å²) in [5.74, 6) is -0.207. The van der Waals surface area contributed by atoms with Crippen LogP contribution >= 0.6 is 11.6 Å². The van der Waals surface area contributed by atoms with E-state index >= 15 is 0 Å². The number of nitrogen functional groups attached to an aromatic ring is 1. The number of benzene rings is 1. The number of amides is 1. The summed E-state index contributed by atoms with van der Waals surface area (Å²) >= 11 is 5.77. The Balaban J connectivity index is 2.93. The molecule has 17 heavy (non-hydrogen) atoms. The van der Waals surface area contributed by atoms with Gasteiger partial charge in [-0.2, -0.15) is 5.26 Å². The smallest absolute Gasteiger partial charge is 0.255 e.